The highest BCUT2D eigenvalue weighted by atomic mass is 16.2. The molecule has 2 aliphatic heterocycles. The van der Waals surface area contributed by atoms with Crippen molar-refractivity contribution < 1.29 is 4.79 Å². The second kappa shape index (κ2) is 4.76. The van der Waals surface area contributed by atoms with E-state index in [9.17, 15) is 9.59 Å². The molecule has 0 aromatic carbocycles. The fourth-order valence-corrected chi connectivity index (χ4v) is 3.63. The molecule has 6 nitrogen and oxygen atoms in total. The molecule has 0 radical (unpaired) electrons. The molecule has 2 bridgehead atoms. The van der Waals surface area contributed by atoms with E-state index in [0.29, 0.717) is 0 Å². The normalized spacial score (nSPS) is 22.5. The SMILES string of the molecule is Cn1cccc(C(=O)N2C3CCC2c2cncnc2C3)c1=O. The van der Waals surface area contributed by atoms with E-state index < -0.39 is 0 Å². The van der Waals surface area contributed by atoms with Crippen LogP contribution in [0.25, 0.3) is 0 Å². The summed E-state index contributed by atoms with van der Waals surface area (Å²) in [5, 5.41) is 0. The second-order valence-corrected chi connectivity index (χ2v) is 5.93. The Morgan fingerprint density at radius 1 is 1.36 bits per heavy atom. The highest BCUT2D eigenvalue weighted by Gasteiger charge is 2.43. The van der Waals surface area contributed by atoms with E-state index in [4.69, 9.17) is 0 Å². The van der Waals surface area contributed by atoms with Gasteiger partial charge in [-0.15, -0.1) is 0 Å². The van der Waals surface area contributed by atoms with Crippen molar-refractivity contribution in [2.24, 2.45) is 7.05 Å². The number of hydrogen-bond acceptors (Lipinski definition) is 4. The summed E-state index contributed by atoms with van der Waals surface area (Å²) < 4.78 is 1.44. The molecular formula is C16H16N4O2. The lowest BCUT2D eigenvalue weighted by Crippen LogP contribution is -2.44. The van der Waals surface area contributed by atoms with Crippen molar-refractivity contribution in [1.29, 1.82) is 0 Å². The van der Waals surface area contributed by atoms with Crippen molar-refractivity contribution in [2.45, 2.75) is 31.3 Å². The van der Waals surface area contributed by atoms with Gasteiger partial charge in [0.1, 0.15) is 11.9 Å². The Kier molecular flexibility index (Phi) is 2.85. The zero-order valence-electron chi connectivity index (χ0n) is 12.3. The maximum Gasteiger partial charge on any atom is 0.263 e. The molecule has 0 N–H and O–H groups in total. The van der Waals surface area contributed by atoms with Crippen LogP contribution in [0.2, 0.25) is 0 Å². The Labute approximate surface area is 127 Å². The summed E-state index contributed by atoms with van der Waals surface area (Å²) in [7, 11) is 1.66. The molecule has 2 aromatic heterocycles. The first kappa shape index (κ1) is 13.2. The van der Waals surface area contributed by atoms with Crippen LogP contribution in [0, 0.1) is 0 Å². The van der Waals surface area contributed by atoms with E-state index in [0.717, 1.165) is 30.5 Å². The number of hydrogen-bond donors (Lipinski definition) is 0. The van der Waals surface area contributed by atoms with Gasteiger partial charge in [0.15, 0.2) is 0 Å². The third-order valence-corrected chi connectivity index (χ3v) is 4.71. The molecule has 6 heteroatoms. The van der Waals surface area contributed by atoms with Gasteiger partial charge in [0.2, 0.25) is 0 Å². The number of carbonyl (C=O) groups is 1. The molecule has 0 spiro atoms. The summed E-state index contributed by atoms with van der Waals surface area (Å²) in [6.07, 6.45) is 7.62. The minimum atomic E-state index is -0.248. The van der Waals surface area contributed by atoms with E-state index in [1.165, 1.54) is 4.57 Å². The predicted octanol–water partition coefficient (Wildman–Crippen LogP) is 1.08. The van der Waals surface area contributed by atoms with Gasteiger partial charge in [-0.3, -0.25) is 9.59 Å². The molecule has 0 saturated carbocycles. The van der Waals surface area contributed by atoms with Crippen LogP contribution in [0.15, 0.2) is 35.6 Å². The van der Waals surface area contributed by atoms with Crippen LogP contribution in [-0.2, 0) is 13.5 Å². The van der Waals surface area contributed by atoms with Crippen LogP contribution in [0.4, 0.5) is 0 Å². The second-order valence-electron chi connectivity index (χ2n) is 5.93. The third kappa shape index (κ3) is 1.80. The van der Waals surface area contributed by atoms with Crippen LogP contribution >= 0.6 is 0 Å². The van der Waals surface area contributed by atoms with Crippen molar-refractivity contribution in [3.8, 4) is 0 Å². The predicted molar refractivity (Wildman–Crippen MR) is 79.4 cm³/mol. The molecule has 2 atom stereocenters. The van der Waals surface area contributed by atoms with Gasteiger partial charge >= 0.3 is 0 Å². The molecule has 2 aromatic rings. The highest BCUT2D eigenvalue weighted by Crippen LogP contribution is 2.43. The molecule has 22 heavy (non-hydrogen) atoms. The van der Waals surface area contributed by atoms with Crippen LogP contribution < -0.4 is 5.56 Å². The topological polar surface area (TPSA) is 68.1 Å². The van der Waals surface area contributed by atoms with Gasteiger partial charge in [0.25, 0.3) is 11.5 Å². The minimum Gasteiger partial charge on any atom is -0.328 e. The molecule has 2 unspecified atom stereocenters. The first-order valence-electron chi connectivity index (χ1n) is 7.44. The van der Waals surface area contributed by atoms with Crippen LogP contribution in [0.5, 0.6) is 0 Å². The highest BCUT2D eigenvalue weighted by molar-refractivity contribution is 5.94. The van der Waals surface area contributed by atoms with Crippen molar-refractivity contribution in [1.82, 2.24) is 19.4 Å². The summed E-state index contributed by atoms with van der Waals surface area (Å²) in [5.41, 5.74) is 2.05. The Morgan fingerprint density at radius 2 is 2.23 bits per heavy atom. The number of aryl methyl sites for hydroxylation is 1. The van der Waals surface area contributed by atoms with Gasteiger partial charge < -0.3 is 9.47 Å². The van der Waals surface area contributed by atoms with Gasteiger partial charge in [-0.2, -0.15) is 0 Å². The first-order valence-corrected chi connectivity index (χ1v) is 7.44. The molecule has 112 valence electrons. The van der Waals surface area contributed by atoms with E-state index in [1.807, 2.05) is 4.90 Å². The van der Waals surface area contributed by atoms with E-state index in [-0.39, 0.29) is 29.1 Å². The zero-order chi connectivity index (χ0) is 15.3. The summed E-state index contributed by atoms with van der Waals surface area (Å²) in [6, 6.07) is 3.47. The fourth-order valence-electron chi connectivity index (χ4n) is 3.63. The Bertz CT molecular complexity index is 814. The molecule has 0 aliphatic carbocycles. The summed E-state index contributed by atoms with van der Waals surface area (Å²) in [6.45, 7) is 0. The Balaban J connectivity index is 1.77. The van der Waals surface area contributed by atoms with E-state index in [1.54, 1.807) is 37.9 Å². The molecular weight excluding hydrogens is 280 g/mol. The van der Waals surface area contributed by atoms with Crippen molar-refractivity contribution in [2.75, 3.05) is 0 Å². The van der Waals surface area contributed by atoms with Crippen LogP contribution in [0.1, 0.15) is 40.5 Å². The number of amides is 1. The maximum absolute atomic E-state index is 12.9. The molecule has 4 rings (SSSR count). The van der Waals surface area contributed by atoms with Gasteiger partial charge in [0, 0.05) is 37.5 Å². The number of rotatable bonds is 1. The quantitative estimate of drug-likeness (QED) is 0.789. The number of fused-ring (bicyclic) bond motifs is 4. The Morgan fingerprint density at radius 3 is 3.09 bits per heavy atom. The molecule has 2 aliphatic rings. The fraction of sp³-hybridized carbons (Fsp3) is 0.375. The zero-order valence-corrected chi connectivity index (χ0v) is 12.3. The van der Waals surface area contributed by atoms with Crippen molar-refractivity contribution in [3.05, 3.63) is 58.0 Å². The molecule has 4 heterocycles. The molecule has 1 amide bonds. The average molecular weight is 296 g/mol. The third-order valence-electron chi connectivity index (χ3n) is 4.71. The van der Waals surface area contributed by atoms with Crippen molar-refractivity contribution >= 4 is 5.91 Å². The Hall–Kier alpha value is -2.50. The summed E-state index contributed by atoms with van der Waals surface area (Å²) in [4.78, 5) is 35.4. The van der Waals surface area contributed by atoms with Gasteiger partial charge in [-0.05, 0) is 25.0 Å². The van der Waals surface area contributed by atoms with Crippen LogP contribution in [0.3, 0.4) is 0 Å². The number of nitrogens with zero attached hydrogens (tertiary/aromatic N) is 4. The number of aromatic nitrogens is 3. The number of carbonyl (C=O) groups excluding carboxylic acids is 1. The lowest BCUT2D eigenvalue weighted by atomic mass is 9.98. The lowest BCUT2D eigenvalue weighted by molar-refractivity contribution is 0.0641. The lowest BCUT2D eigenvalue weighted by Gasteiger charge is -2.35. The first-order chi connectivity index (χ1) is 10.7. The summed E-state index contributed by atoms with van der Waals surface area (Å²) >= 11 is 0. The smallest absolute Gasteiger partial charge is 0.263 e. The monoisotopic (exact) mass is 296 g/mol. The van der Waals surface area contributed by atoms with E-state index >= 15 is 0 Å². The molecule has 1 saturated heterocycles. The standard InChI is InChI=1S/C16H16N4O2/c1-19-6-2-3-11(15(19)21)16(22)20-10-4-5-14(20)12-8-17-9-18-13(12)7-10/h2-3,6,8-10,14H,4-5,7H2,1H3. The maximum atomic E-state index is 12.9. The number of pyridine rings is 1. The van der Waals surface area contributed by atoms with Crippen LogP contribution in [-0.4, -0.2) is 31.4 Å². The molecule has 1 fully saturated rings. The minimum absolute atomic E-state index is 0.00707. The van der Waals surface area contributed by atoms with Gasteiger partial charge in [-0.1, -0.05) is 0 Å². The average Bonchev–Trinajstić information content (AvgIpc) is 2.84. The van der Waals surface area contributed by atoms with Gasteiger partial charge in [-0.25, -0.2) is 9.97 Å². The van der Waals surface area contributed by atoms with E-state index in [2.05, 4.69) is 9.97 Å². The van der Waals surface area contributed by atoms with Gasteiger partial charge in [0.05, 0.1) is 11.7 Å². The largest absolute Gasteiger partial charge is 0.328 e. The van der Waals surface area contributed by atoms with Crippen molar-refractivity contribution in [3.63, 3.8) is 0 Å². The summed E-state index contributed by atoms with van der Waals surface area (Å²) in [5.74, 6) is -0.178.